The fourth-order valence-corrected chi connectivity index (χ4v) is 2.45. The number of rotatable bonds is 1. The first-order valence-electron chi connectivity index (χ1n) is 6.04. The minimum Gasteiger partial charge on any atom is -0.316 e. The predicted octanol–water partition coefficient (Wildman–Crippen LogP) is 1.52. The minimum atomic E-state index is -1.59. The van der Waals surface area contributed by atoms with Gasteiger partial charge >= 0.3 is 0 Å². The van der Waals surface area contributed by atoms with E-state index in [0.717, 1.165) is 0 Å². The molecule has 19 heavy (non-hydrogen) atoms. The maximum atomic E-state index is 14.8. The number of pyridine rings is 1. The van der Waals surface area contributed by atoms with E-state index in [1.165, 1.54) is 12.3 Å². The highest BCUT2D eigenvalue weighted by molar-refractivity contribution is 6.30. The van der Waals surface area contributed by atoms with E-state index in [9.17, 15) is 9.18 Å². The second-order valence-electron chi connectivity index (χ2n) is 4.65. The zero-order valence-electron chi connectivity index (χ0n) is 10.0. The molecule has 0 unspecified atom stereocenters. The van der Waals surface area contributed by atoms with Gasteiger partial charge in [-0.25, -0.2) is 14.4 Å². The largest absolute Gasteiger partial charge is 0.316 e. The molecular weight excluding hydrogens is 271 g/mol. The van der Waals surface area contributed by atoms with E-state index in [4.69, 9.17) is 11.6 Å². The summed E-state index contributed by atoms with van der Waals surface area (Å²) < 4.78 is 14.8. The number of aromatic amines is 1. The molecule has 2 aromatic rings. The van der Waals surface area contributed by atoms with Gasteiger partial charge in [-0.3, -0.25) is 4.79 Å². The Morgan fingerprint density at radius 2 is 2.11 bits per heavy atom. The van der Waals surface area contributed by atoms with Gasteiger partial charge in [0, 0.05) is 12.8 Å². The Morgan fingerprint density at radius 1 is 1.37 bits per heavy atom. The molecule has 1 fully saturated rings. The van der Waals surface area contributed by atoms with Gasteiger partial charge in [0.2, 0.25) is 0 Å². The van der Waals surface area contributed by atoms with Crippen LogP contribution in [0, 0.1) is 0 Å². The number of nitrogens with zero attached hydrogens (tertiary/aromatic N) is 2. The summed E-state index contributed by atoms with van der Waals surface area (Å²) in [6.07, 6.45) is 1.98. The molecule has 1 aliphatic rings. The van der Waals surface area contributed by atoms with Crippen molar-refractivity contribution in [1.29, 1.82) is 0 Å². The monoisotopic (exact) mass is 282 g/mol. The van der Waals surface area contributed by atoms with Crippen LogP contribution >= 0.6 is 11.6 Å². The average Bonchev–Trinajstić information content (AvgIpc) is 2.40. The summed E-state index contributed by atoms with van der Waals surface area (Å²) in [6, 6.07) is 1.43. The summed E-state index contributed by atoms with van der Waals surface area (Å²) in [7, 11) is 0. The second-order valence-corrected chi connectivity index (χ2v) is 5.04. The molecule has 0 bridgehead atoms. The van der Waals surface area contributed by atoms with E-state index in [2.05, 4.69) is 20.3 Å². The molecule has 7 heteroatoms. The maximum Gasteiger partial charge on any atom is 0.259 e. The number of aromatic nitrogens is 3. The van der Waals surface area contributed by atoms with Crippen molar-refractivity contribution in [2.45, 2.75) is 18.5 Å². The Labute approximate surface area is 113 Å². The van der Waals surface area contributed by atoms with E-state index in [0.29, 0.717) is 36.8 Å². The fraction of sp³-hybridized carbons (Fsp3) is 0.417. The van der Waals surface area contributed by atoms with Crippen molar-refractivity contribution in [2.24, 2.45) is 0 Å². The number of nitrogens with one attached hydrogen (secondary N) is 2. The van der Waals surface area contributed by atoms with Gasteiger partial charge in [-0.15, -0.1) is 0 Å². The molecule has 0 amide bonds. The molecule has 3 rings (SSSR count). The third kappa shape index (κ3) is 2.21. The zero-order valence-corrected chi connectivity index (χ0v) is 10.8. The van der Waals surface area contributed by atoms with Gasteiger partial charge in [-0.05, 0) is 19.2 Å². The molecule has 0 aromatic carbocycles. The first kappa shape index (κ1) is 12.5. The summed E-state index contributed by atoms with van der Waals surface area (Å²) >= 11 is 5.73. The van der Waals surface area contributed by atoms with Crippen molar-refractivity contribution >= 4 is 22.5 Å². The lowest BCUT2D eigenvalue weighted by atomic mass is 9.93. The van der Waals surface area contributed by atoms with Crippen LogP contribution in [0.2, 0.25) is 5.15 Å². The molecule has 5 nitrogen and oxygen atoms in total. The highest BCUT2D eigenvalue weighted by atomic mass is 35.5. The van der Waals surface area contributed by atoms with Gasteiger partial charge in [-0.1, -0.05) is 11.6 Å². The highest BCUT2D eigenvalue weighted by Crippen LogP contribution is 2.32. The van der Waals surface area contributed by atoms with E-state index >= 15 is 0 Å². The molecular formula is C12H12ClFN4O. The lowest BCUT2D eigenvalue weighted by molar-refractivity contribution is 0.104. The molecule has 3 heterocycles. The Kier molecular flexibility index (Phi) is 2.99. The summed E-state index contributed by atoms with van der Waals surface area (Å²) in [5.74, 6) is 0.0793. The molecule has 2 aromatic heterocycles. The first-order valence-corrected chi connectivity index (χ1v) is 6.42. The van der Waals surface area contributed by atoms with E-state index < -0.39 is 5.67 Å². The van der Waals surface area contributed by atoms with Crippen LogP contribution in [-0.2, 0) is 5.67 Å². The number of hydrogen-bond donors (Lipinski definition) is 2. The van der Waals surface area contributed by atoms with Gasteiger partial charge in [0.25, 0.3) is 5.56 Å². The van der Waals surface area contributed by atoms with E-state index in [-0.39, 0.29) is 16.5 Å². The molecule has 1 saturated heterocycles. The number of halogens is 2. The molecule has 0 radical (unpaired) electrons. The summed E-state index contributed by atoms with van der Waals surface area (Å²) in [5, 5.41) is 3.61. The van der Waals surface area contributed by atoms with Crippen molar-refractivity contribution in [3.05, 3.63) is 33.6 Å². The number of H-pyrrole nitrogens is 1. The maximum absolute atomic E-state index is 14.8. The molecule has 1 aliphatic heterocycles. The van der Waals surface area contributed by atoms with Crippen LogP contribution in [0.15, 0.2) is 17.1 Å². The normalized spacial score (nSPS) is 18.6. The van der Waals surface area contributed by atoms with Crippen LogP contribution < -0.4 is 10.9 Å². The van der Waals surface area contributed by atoms with Crippen LogP contribution in [0.5, 0.6) is 0 Å². The van der Waals surface area contributed by atoms with E-state index in [1.807, 2.05) is 0 Å². The number of hydrogen-bond acceptors (Lipinski definition) is 4. The lowest BCUT2D eigenvalue weighted by Crippen LogP contribution is -2.38. The van der Waals surface area contributed by atoms with Gasteiger partial charge in [0.1, 0.15) is 11.0 Å². The van der Waals surface area contributed by atoms with Gasteiger partial charge in [0.05, 0.1) is 17.1 Å². The van der Waals surface area contributed by atoms with Crippen LogP contribution in [0.4, 0.5) is 4.39 Å². The quantitative estimate of drug-likeness (QED) is 0.778. The summed E-state index contributed by atoms with van der Waals surface area (Å²) in [6.45, 7) is 1.13. The summed E-state index contributed by atoms with van der Waals surface area (Å²) in [5.41, 5.74) is -1.61. The average molecular weight is 283 g/mol. The molecule has 0 saturated carbocycles. The second kappa shape index (κ2) is 4.54. The van der Waals surface area contributed by atoms with Crippen LogP contribution in [0.3, 0.4) is 0 Å². The number of piperidine rings is 1. The zero-order chi connectivity index (χ0) is 13.5. The van der Waals surface area contributed by atoms with Gasteiger partial charge in [0.15, 0.2) is 5.67 Å². The number of fused-ring (bicyclic) bond motifs is 1. The lowest BCUT2D eigenvalue weighted by Gasteiger charge is -2.28. The van der Waals surface area contributed by atoms with Gasteiger partial charge in [-0.2, -0.15) is 0 Å². The SMILES string of the molecule is O=c1[nH]c(C2(F)CCNCC2)nc2cnc(Cl)cc12. The van der Waals surface area contributed by atoms with Crippen molar-refractivity contribution in [3.63, 3.8) is 0 Å². The van der Waals surface area contributed by atoms with Crippen LogP contribution in [0.1, 0.15) is 18.7 Å². The van der Waals surface area contributed by atoms with Crippen molar-refractivity contribution in [1.82, 2.24) is 20.3 Å². The molecule has 100 valence electrons. The third-order valence-corrected chi connectivity index (χ3v) is 3.59. The topological polar surface area (TPSA) is 70.7 Å². The molecule has 0 aliphatic carbocycles. The van der Waals surface area contributed by atoms with Gasteiger partial charge < -0.3 is 10.3 Å². The van der Waals surface area contributed by atoms with Crippen molar-refractivity contribution < 1.29 is 4.39 Å². The number of alkyl halides is 1. The van der Waals surface area contributed by atoms with Crippen LogP contribution in [0.25, 0.3) is 10.9 Å². The standard InChI is InChI=1S/C12H12ClFN4O/c13-9-5-7-8(6-16-9)17-11(18-10(7)19)12(14)1-3-15-4-2-12/h5-6,15H,1-4H2,(H,17,18,19). The Balaban J connectivity index is 2.15. The Morgan fingerprint density at radius 3 is 2.84 bits per heavy atom. The van der Waals surface area contributed by atoms with Crippen molar-refractivity contribution in [3.8, 4) is 0 Å². The third-order valence-electron chi connectivity index (χ3n) is 3.38. The predicted molar refractivity (Wildman–Crippen MR) is 70.1 cm³/mol. The highest BCUT2D eigenvalue weighted by Gasteiger charge is 2.36. The first-order chi connectivity index (χ1) is 9.08. The smallest absolute Gasteiger partial charge is 0.259 e. The molecule has 0 atom stereocenters. The Hall–Kier alpha value is -1.53. The van der Waals surface area contributed by atoms with E-state index in [1.54, 1.807) is 0 Å². The summed E-state index contributed by atoms with van der Waals surface area (Å²) in [4.78, 5) is 22.6. The fourth-order valence-electron chi connectivity index (χ4n) is 2.29. The Bertz CT molecular complexity index is 681. The molecule has 2 N–H and O–H groups in total. The van der Waals surface area contributed by atoms with Crippen molar-refractivity contribution in [2.75, 3.05) is 13.1 Å². The minimum absolute atomic E-state index is 0.0793. The van der Waals surface area contributed by atoms with Crippen LogP contribution in [-0.4, -0.2) is 28.0 Å². The molecule has 0 spiro atoms.